The van der Waals surface area contributed by atoms with Gasteiger partial charge in [0.2, 0.25) is 0 Å². The van der Waals surface area contributed by atoms with Crippen molar-refractivity contribution in [2.45, 2.75) is 31.4 Å². The van der Waals surface area contributed by atoms with Gasteiger partial charge in [-0.1, -0.05) is 12.2 Å². The minimum absolute atomic E-state index is 0.00139. The molecule has 0 fully saturated rings. The minimum Gasteiger partial charge on any atom is -0.383 e. The number of aliphatic hydroxyl groups is 1. The SMILES string of the molecule is C=CCC(O)(CC=C)[C@H](C)[NH3+]. The summed E-state index contributed by atoms with van der Waals surface area (Å²) in [5, 5.41) is 9.88. The quantitative estimate of drug-likeness (QED) is 0.559. The molecular weight excluding hydrogens is 138 g/mol. The average Bonchev–Trinajstić information content (AvgIpc) is 1.88. The molecule has 0 aliphatic rings. The molecule has 0 spiro atoms. The van der Waals surface area contributed by atoms with Crippen molar-refractivity contribution in [3.05, 3.63) is 25.3 Å². The van der Waals surface area contributed by atoms with E-state index in [4.69, 9.17) is 0 Å². The van der Waals surface area contributed by atoms with Crippen molar-refractivity contribution in [3.8, 4) is 0 Å². The molecule has 0 radical (unpaired) electrons. The maximum Gasteiger partial charge on any atom is 0.122 e. The third-order valence-corrected chi connectivity index (χ3v) is 1.91. The molecule has 0 aliphatic heterocycles. The van der Waals surface area contributed by atoms with Crippen LogP contribution in [0.1, 0.15) is 19.8 Å². The summed E-state index contributed by atoms with van der Waals surface area (Å²) in [6.45, 7) is 9.07. The fraction of sp³-hybridized carbons (Fsp3) is 0.556. The van der Waals surface area contributed by atoms with E-state index in [1.165, 1.54) is 0 Å². The van der Waals surface area contributed by atoms with Gasteiger partial charge in [0.25, 0.3) is 0 Å². The molecule has 0 saturated heterocycles. The summed E-state index contributed by atoms with van der Waals surface area (Å²) >= 11 is 0. The van der Waals surface area contributed by atoms with Crippen molar-refractivity contribution >= 4 is 0 Å². The second-order valence-electron chi connectivity index (χ2n) is 2.99. The topological polar surface area (TPSA) is 47.9 Å². The molecule has 64 valence electrons. The maximum atomic E-state index is 9.88. The van der Waals surface area contributed by atoms with Crippen LogP contribution in [0.5, 0.6) is 0 Å². The third-order valence-electron chi connectivity index (χ3n) is 1.91. The second kappa shape index (κ2) is 4.31. The Kier molecular flexibility index (Phi) is 4.08. The standard InChI is InChI=1S/C9H17NO/c1-4-6-9(11,7-5-2)8(3)10/h4-5,8,11H,1-2,6-7,10H2,3H3/p+1/t8-/m0/s1. The fourth-order valence-electron chi connectivity index (χ4n) is 0.986. The zero-order chi connectivity index (χ0) is 8.91. The highest BCUT2D eigenvalue weighted by Crippen LogP contribution is 2.18. The molecule has 0 aromatic heterocycles. The van der Waals surface area contributed by atoms with Gasteiger partial charge >= 0.3 is 0 Å². The molecule has 1 atom stereocenters. The van der Waals surface area contributed by atoms with Gasteiger partial charge in [-0.2, -0.15) is 0 Å². The Labute approximate surface area is 68.4 Å². The average molecular weight is 156 g/mol. The molecule has 0 saturated carbocycles. The van der Waals surface area contributed by atoms with Crippen LogP contribution in [0.25, 0.3) is 0 Å². The summed E-state index contributed by atoms with van der Waals surface area (Å²) < 4.78 is 0. The first-order valence-electron chi connectivity index (χ1n) is 3.84. The Morgan fingerprint density at radius 2 is 1.82 bits per heavy atom. The van der Waals surface area contributed by atoms with E-state index in [-0.39, 0.29) is 6.04 Å². The summed E-state index contributed by atoms with van der Waals surface area (Å²) in [6, 6.07) is -0.00139. The van der Waals surface area contributed by atoms with E-state index in [0.717, 1.165) is 0 Å². The van der Waals surface area contributed by atoms with Gasteiger partial charge in [0, 0.05) is 0 Å². The Morgan fingerprint density at radius 1 is 1.45 bits per heavy atom. The van der Waals surface area contributed by atoms with Crippen LogP contribution in [0.2, 0.25) is 0 Å². The summed E-state index contributed by atoms with van der Waals surface area (Å²) in [7, 11) is 0. The van der Waals surface area contributed by atoms with Gasteiger partial charge in [0.15, 0.2) is 0 Å². The van der Waals surface area contributed by atoms with E-state index >= 15 is 0 Å². The Morgan fingerprint density at radius 3 is 2.00 bits per heavy atom. The monoisotopic (exact) mass is 156 g/mol. The molecule has 0 heterocycles. The molecule has 0 amide bonds. The Balaban J connectivity index is 4.23. The first-order valence-corrected chi connectivity index (χ1v) is 3.84. The van der Waals surface area contributed by atoms with E-state index in [9.17, 15) is 5.11 Å². The van der Waals surface area contributed by atoms with Gasteiger partial charge in [-0.15, -0.1) is 13.2 Å². The predicted molar refractivity (Wildman–Crippen MR) is 46.9 cm³/mol. The normalized spacial score (nSPS) is 14.1. The van der Waals surface area contributed by atoms with Gasteiger partial charge in [-0.25, -0.2) is 0 Å². The zero-order valence-corrected chi connectivity index (χ0v) is 7.21. The lowest BCUT2D eigenvalue weighted by Crippen LogP contribution is -2.69. The van der Waals surface area contributed by atoms with E-state index in [0.29, 0.717) is 12.8 Å². The summed E-state index contributed by atoms with van der Waals surface area (Å²) in [4.78, 5) is 0. The van der Waals surface area contributed by atoms with Gasteiger partial charge in [0.05, 0.1) is 0 Å². The summed E-state index contributed by atoms with van der Waals surface area (Å²) in [5.74, 6) is 0. The van der Waals surface area contributed by atoms with E-state index < -0.39 is 5.60 Å². The molecule has 2 nitrogen and oxygen atoms in total. The van der Waals surface area contributed by atoms with Crippen molar-refractivity contribution in [2.24, 2.45) is 0 Å². The van der Waals surface area contributed by atoms with Gasteiger partial charge in [-0.3, -0.25) is 0 Å². The highest BCUT2D eigenvalue weighted by molar-refractivity contribution is 4.94. The smallest absolute Gasteiger partial charge is 0.122 e. The highest BCUT2D eigenvalue weighted by atomic mass is 16.3. The lowest BCUT2D eigenvalue weighted by Gasteiger charge is -2.26. The number of hydrogen-bond donors (Lipinski definition) is 2. The number of quaternary nitrogens is 1. The van der Waals surface area contributed by atoms with Crippen LogP contribution in [0, 0.1) is 0 Å². The molecular formula is C9H18NO+. The second-order valence-corrected chi connectivity index (χ2v) is 2.99. The molecule has 2 heteroatoms. The Bertz CT molecular complexity index is 130. The summed E-state index contributed by atoms with van der Waals surface area (Å²) in [6.07, 6.45) is 4.57. The van der Waals surface area contributed by atoms with Gasteiger partial charge in [-0.05, 0) is 19.8 Å². The molecule has 0 aliphatic carbocycles. The Hall–Kier alpha value is -0.600. The zero-order valence-electron chi connectivity index (χ0n) is 7.21. The van der Waals surface area contributed by atoms with Crippen LogP contribution in [0.3, 0.4) is 0 Å². The highest BCUT2D eigenvalue weighted by Gasteiger charge is 2.31. The molecule has 0 rings (SSSR count). The first kappa shape index (κ1) is 10.4. The number of rotatable bonds is 5. The molecule has 0 aromatic rings. The lowest BCUT2D eigenvalue weighted by atomic mass is 9.89. The lowest BCUT2D eigenvalue weighted by molar-refractivity contribution is -0.447. The van der Waals surface area contributed by atoms with E-state index in [1.54, 1.807) is 12.2 Å². The molecule has 11 heavy (non-hydrogen) atoms. The molecule has 0 aromatic carbocycles. The third kappa shape index (κ3) is 2.87. The van der Waals surface area contributed by atoms with E-state index in [2.05, 4.69) is 18.9 Å². The largest absolute Gasteiger partial charge is 0.383 e. The molecule has 4 N–H and O–H groups in total. The van der Waals surface area contributed by atoms with Crippen molar-refractivity contribution < 1.29 is 10.8 Å². The fourth-order valence-corrected chi connectivity index (χ4v) is 0.986. The first-order chi connectivity index (χ1) is 5.06. The van der Waals surface area contributed by atoms with Crippen LogP contribution in [0.4, 0.5) is 0 Å². The van der Waals surface area contributed by atoms with Crippen LogP contribution in [0.15, 0.2) is 25.3 Å². The van der Waals surface area contributed by atoms with Crippen molar-refractivity contribution in [2.75, 3.05) is 0 Å². The van der Waals surface area contributed by atoms with Crippen LogP contribution in [-0.4, -0.2) is 16.7 Å². The molecule has 0 bridgehead atoms. The van der Waals surface area contributed by atoms with Crippen LogP contribution < -0.4 is 5.73 Å². The van der Waals surface area contributed by atoms with Crippen LogP contribution >= 0.6 is 0 Å². The maximum absolute atomic E-state index is 9.88. The number of hydrogen-bond acceptors (Lipinski definition) is 1. The predicted octanol–water partition coefficient (Wildman–Crippen LogP) is 0.500. The molecule has 0 unspecified atom stereocenters. The van der Waals surface area contributed by atoms with Crippen molar-refractivity contribution in [3.63, 3.8) is 0 Å². The minimum atomic E-state index is -0.747. The van der Waals surface area contributed by atoms with E-state index in [1.807, 2.05) is 6.92 Å². The summed E-state index contributed by atoms with van der Waals surface area (Å²) in [5.41, 5.74) is 3.06. The van der Waals surface area contributed by atoms with Gasteiger partial charge in [0.1, 0.15) is 11.6 Å². The van der Waals surface area contributed by atoms with Crippen molar-refractivity contribution in [1.82, 2.24) is 0 Å². The van der Waals surface area contributed by atoms with Crippen molar-refractivity contribution in [1.29, 1.82) is 0 Å². The van der Waals surface area contributed by atoms with Crippen LogP contribution in [-0.2, 0) is 0 Å². The van der Waals surface area contributed by atoms with Gasteiger partial charge < -0.3 is 10.8 Å².